The highest BCUT2D eigenvalue weighted by molar-refractivity contribution is 5.97. The molecule has 0 aliphatic carbocycles. The molecule has 4 rings (SSSR count). The smallest absolute Gasteiger partial charge is 0.274 e. The Balaban J connectivity index is 1.47. The molecule has 25 heavy (non-hydrogen) atoms. The molecule has 0 atom stereocenters. The number of carbonyl (C=O) groups is 1. The quantitative estimate of drug-likeness (QED) is 0.623. The van der Waals surface area contributed by atoms with E-state index >= 15 is 0 Å². The Morgan fingerprint density at radius 2 is 2.04 bits per heavy atom. The van der Waals surface area contributed by atoms with Crippen molar-refractivity contribution >= 4 is 11.6 Å². The van der Waals surface area contributed by atoms with Gasteiger partial charge in [0.15, 0.2) is 11.3 Å². The zero-order valence-electron chi connectivity index (χ0n) is 13.6. The maximum atomic E-state index is 12.4. The number of aryl methyl sites for hydroxylation is 1. The number of fused-ring (bicyclic) bond motifs is 1. The first kappa shape index (κ1) is 15.1. The number of nitrogens with one attached hydrogen (secondary N) is 1. The maximum absolute atomic E-state index is 12.4. The van der Waals surface area contributed by atoms with Gasteiger partial charge in [0.1, 0.15) is 12.1 Å². The molecule has 1 aromatic carbocycles. The Kier molecular flexibility index (Phi) is 3.78. The van der Waals surface area contributed by atoms with Crippen molar-refractivity contribution in [3.8, 4) is 11.3 Å². The van der Waals surface area contributed by atoms with Crippen LogP contribution in [0.2, 0.25) is 0 Å². The molecule has 0 saturated heterocycles. The Morgan fingerprint density at radius 3 is 2.80 bits per heavy atom. The van der Waals surface area contributed by atoms with Gasteiger partial charge in [-0.1, -0.05) is 24.3 Å². The number of furan rings is 1. The number of benzene rings is 1. The zero-order chi connectivity index (χ0) is 17.2. The lowest BCUT2D eigenvalue weighted by molar-refractivity contribution is 0.0948. The number of nitrogens with zero attached hydrogens (tertiary/aromatic N) is 3. The predicted molar refractivity (Wildman–Crippen MR) is 93.0 cm³/mol. The van der Waals surface area contributed by atoms with Gasteiger partial charge in [0.2, 0.25) is 0 Å². The number of rotatable bonds is 4. The summed E-state index contributed by atoms with van der Waals surface area (Å²) in [6, 6.07) is 13.5. The van der Waals surface area contributed by atoms with Gasteiger partial charge in [-0.3, -0.25) is 9.20 Å². The van der Waals surface area contributed by atoms with Crippen molar-refractivity contribution in [3.63, 3.8) is 0 Å². The van der Waals surface area contributed by atoms with Gasteiger partial charge in [0.05, 0.1) is 6.26 Å². The molecular formula is C19H16N4O2. The second-order valence-corrected chi connectivity index (χ2v) is 5.75. The number of aromatic nitrogens is 3. The van der Waals surface area contributed by atoms with Gasteiger partial charge in [-0.25, -0.2) is 9.97 Å². The minimum absolute atomic E-state index is 0.240. The van der Waals surface area contributed by atoms with Gasteiger partial charge in [-0.15, -0.1) is 0 Å². The van der Waals surface area contributed by atoms with Crippen LogP contribution in [0, 0.1) is 6.92 Å². The van der Waals surface area contributed by atoms with Gasteiger partial charge in [0.25, 0.3) is 5.91 Å². The molecule has 1 N–H and O–H groups in total. The van der Waals surface area contributed by atoms with Crippen LogP contribution in [0.5, 0.6) is 0 Å². The molecule has 0 aliphatic rings. The molecular weight excluding hydrogens is 316 g/mol. The molecule has 124 valence electrons. The van der Waals surface area contributed by atoms with Gasteiger partial charge < -0.3 is 9.73 Å². The van der Waals surface area contributed by atoms with Crippen molar-refractivity contribution in [1.82, 2.24) is 19.7 Å². The van der Waals surface area contributed by atoms with Crippen LogP contribution >= 0.6 is 0 Å². The summed E-state index contributed by atoms with van der Waals surface area (Å²) < 4.78 is 7.11. The third-order valence-electron chi connectivity index (χ3n) is 3.95. The fraction of sp³-hybridized carbons (Fsp3) is 0.105. The molecule has 0 unspecified atom stereocenters. The van der Waals surface area contributed by atoms with Gasteiger partial charge in [-0.05, 0) is 30.7 Å². The second-order valence-electron chi connectivity index (χ2n) is 5.75. The summed E-state index contributed by atoms with van der Waals surface area (Å²) in [5.74, 6) is 0.581. The van der Waals surface area contributed by atoms with Gasteiger partial charge in [-0.2, -0.15) is 0 Å². The van der Waals surface area contributed by atoms with Crippen LogP contribution in [0.25, 0.3) is 17.0 Å². The number of hydrogen-bond donors (Lipinski definition) is 1. The van der Waals surface area contributed by atoms with E-state index in [1.165, 1.54) is 0 Å². The lowest BCUT2D eigenvalue weighted by Crippen LogP contribution is -2.23. The van der Waals surface area contributed by atoms with Crippen LogP contribution in [0.4, 0.5) is 0 Å². The van der Waals surface area contributed by atoms with E-state index < -0.39 is 0 Å². The fourth-order valence-corrected chi connectivity index (χ4v) is 2.62. The first-order chi connectivity index (χ1) is 12.2. The Morgan fingerprint density at radius 1 is 1.20 bits per heavy atom. The summed E-state index contributed by atoms with van der Waals surface area (Å²) in [5.41, 5.74) is 3.73. The van der Waals surface area contributed by atoms with E-state index in [-0.39, 0.29) is 5.91 Å². The highest BCUT2D eigenvalue weighted by Crippen LogP contribution is 2.20. The van der Waals surface area contributed by atoms with Crippen LogP contribution in [0.15, 0.2) is 65.7 Å². The first-order valence-electron chi connectivity index (χ1n) is 7.92. The molecule has 0 aliphatic heterocycles. The Labute approximate surface area is 144 Å². The standard InChI is InChI=1S/C19H16N4O2/c1-13-8-9-23-12-21-17(18(23)22-13)19(24)20-11-14-4-6-15(7-5-14)16-3-2-10-25-16/h2-10,12H,11H2,1H3,(H,20,24). The summed E-state index contributed by atoms with van der Waals surface area (Å²) >= 11 is 0. The van der Waals surface area contributed by atoms with E-state index in [1.54, 1.807) is 17.0 Å². The van der Waals surface area contributed by atoms with E-state index in [0.29, 0.717) is 17.9 Å². The normalized spacial score (nSPS) is 10.9. The molecule has 0 bridgehead atoms. The number of imidazole rings is 1. The van der Waals surface area contributed by atoms with E-state index in [2.05, 4.69) is 15.3 Å². The number of amides is 1. The molecule has 0 saturated carbocycles. The molecule has 6 heteroatoms. The third-order valence-corrected chi connectivity index (χ3v) is 3.95. The van der Waals surface area contributed by atoms with E-state index in [9.17, 15) is 4.79 Å². The predicted octanol–water partition coefficient (Wildman–Crippen LogP) is 3.23. The van der Waals surface area contributed by atoms with Gasteiger partial charge in [0, 0.05) is 24.0 Å². The molecule has 0 fully saturated rings. The highest BCUT2D eigenvalue weighted by Gasteiger charge is 2.14. The summed E-state index contributed by atoms with van der Waals surface area (Å²) in [4.78, 5) is 21.0. The minimum Gasteiger partial charge on any atom is -0.464 e. The average molecular weight is 332 g/mol. The molecule has 1 amide bonds. The van der Waals surface area contributed by atoms with Crippen molar-refractivity contribution in [3.05, 3.63) is 78.2 Å². The topological polar surface area (TPSA) is 72.4 Å². The largest absolute Gasteiger partial charge is 0.464 e. The van der Waals surface area contributed by atoms with Crippen LogP contribution in [0.1, 0.15) is 21.7 Å². The summed E-state index contributed by atoms with van der Waals surface area (Å²) in [6.45, 7) is 2.30. The molecule has 0 spiro atoms. The lowest BCUT2D eigenvalue weighted by atomic mass is 10.1. The van der Waals surface area contributed by atoms with Crippen LogP contribution in [-0.4, -0.2) is 20.3 Å². The van der Waals surface area contributed by atoms with E-state index in [0.717, 1.165) is 22.6 Å². The number of hydrogen-bond acceptors (Lipinski definition) is 4. The first-order valence-corrected chi connectivity index (χ1v) is 7.92. The van der Waals surface area contributed by atoms with Crippen molar-refractivity contribution in [2.45, 2.75) is 13.5 Å². The number of carbonyl (C=O) groups excluding carboxylic acids is 1. The molecule has 3 heterocycles. The molecule has 0 radical (unpaired) electrons. The highest BCUT2D eigenvalue weighted by atomic mass is 16.3. The summed E-state index contributed by atoms with van der Waals surface area (Å²) in [7, 11) is 0. The van der Waals surface area contributed by atoms with Crippen molar-refractivity contribution in [2.24, 2.45) is 0 Å². The van der Waals surface area contributed by atoms with Crippen LogP contribution < -0.4 is 5.32 Å². The minimum atomic E-state index is -0.240. The van der Waals surface area contributed by atoms with Crippen LogP contribution in [-0.2, 0) is 6.54 Å². The molecule has 4 aromatic rings. The average Bonchev–Trinajstić information content (AvgIpc) is 3.29. The summed E-state index contributed by atoms with van der Waals surface area (Å²) in [6.07, 6.45) is 5.08. The second kappa shape index (κ2) is 6.24. The van der Waals surface area contributed by atoms with Crippen molar-refractivity contribution in [1.29, 1.82) is 0 Å². The van der Waals surface area contributed by atoms with Gasteiger partial charge >= 0.3 is 0 Å². The molecule has 3 aromatic heterocycles. The van der Waals surface area contributed by atoms with E-state index in [4.69, 9.17) is 4.42 Å². The summed E-state index contributed by atoms with van der Waals surface area (Å²) in [5, 5.41) is 2.89. The van der Waals surface area contributed by atoms with Crippen molar-refractivity contribution in [2.75, 3.05) is 0 Å². The lowest BCUT2D eigenvalue weighted by Gasteiger charge is -2.05. The maximum Gasteiger partial charge on any atom is 0.274 e. The van der Waals surface area contributed by atoms with Crippen LogP contribution in [0.3, 0.4) is 0 Å². The third kappa shape index (κ3) is 3.01. The molecule has 6 nitrogen and oxygen atoms in total. The van der Waals surface area contributed by atoms with E-state index in [1.807, 2.05) is 55.6 Å². The Bertz CT molecular complexity index is 1020. The van der Waals surface area contributed by atoms with Crippen molar-refractivity contribution < 1.29 is 9.21 Å². The SMILES string of the molecule is Cc1ccn2cnc(C(=O)NCc3ccc(-c4ccco4)cc3)c2n1. The fourth-order valence-electron chi connectivity index (χ4n) is 2.62. The zero-order valence-corrected chi connectivity index (χ0v) is 13.6. The Hall–Kier alpha value is -3.41. The monoisotopic (exact) mass is 332 g/mol.